The fraction of sp³-hybridized carbons (Fsp3) is 0.111. The zero-order chi connectivity index (χ0) is 17.8. The summed E-state index contributed by atoms with van der Waals surface area (Å²) in [5, 5.41) is 9.79. The molecule has 1 heterocycles. The highest BCUT2D eigenvalue weighted by molar-refractivity contribution is 8.13. The summed E-state index contributed by atoms with van der Waals surface area (Å²) in [5.74, 6) is -0.595. The van der Waals surface area contributed by atoms with Gasteiger partial charge in [-0.3, -0.25) is 15.9 Å². The Morgan fingerprint density at radius 2 is 1.92 bits per heavy atom. The van der Waals surface area contributed by atoms with Crippen LogP contribution in [0.3, 0.4) is 0 Å². The quantitative estimate of drug-likeness (QED) is 0.366. The molecule has 128 valence electrons. The lowest BCUT2D eigenvalue weighted by molar-refractivity contribution is -0.110. The van der Waals surface area contributed by atoms with Crippen molar-refractivity contribution in [2.24, 2.45) is 5.73 Å². The van der Waals surface area contributed by atoms with Crippen molar-refractivity contribution in [3.05, 3.63) is 66.1 Å². The average molecular weight is 357 g/mol. The van der Waals surface area contributed by atoms with Gasteiger partial charge in [-0.15, -0.1) is 0 Å². The average Bonchev–Trinajstić information content (AvgIpc) is 2.93. The first kappa shape index (κ1) is 17.0. The van der Waals surface area contributed by atoms with Gasteiger partial charge in [-0.25, -0.2) is 4.39 Å². The molecular weight excluding hydrogens is 339 g/mol. The number of amidine groups is 1. The molecule has 3 aromatic rings. The van der Waals surface area contributed by atoms with Crippen LogP contribution < -0.4 is 16.5 Å². The first-order valence-electron chi connectivity index (χ1n) is 7.72. The first-order valence-corrected chi connectivity index (χ1v) is 8.53. The van der Waals surface area contributed by atoms with E-state index in [-0.39, 0.29) is 16.9 Å². The van der Waals surface area contributed by atoms with Crippen LogP contribution in [0.4, 0.5) is 4.39 Å². The van der Waals surface area contributed by atoms with E-state index in [2.05, 4.69) is 5.32 Å². The minimum absolute atomic E-state index is 0.231. The SMILES string of the molecule is NC(=[NH2+])Sc1cn(CCNC(=O)c2ccc(F)cc2)c2ccccc12. The molecule has 25 heavy (non-hydrogen) atoms. The van der Waals surface area contributed by atoms with E-state index in [0.717, 1.165) is 15.8 Å². The van der Waals surface area contributed by atoms with Gasteiger partial charge in [0.25, 0.3) is 5.91 Å². The number of benzene rings is 2. The van der Waals surface area contributed by atoms with Crippen LogP contribution in [0, 0.1) is 5.82 Å². The van der Waals surface area contributed by atoms with E-state index in [0.29, 0.717) is 18.7 Å². The lowest BCUT2D eigenvalue weighted by atomic mass is 10.2. The minimum Gasteiger partial charge on any atom is -0.350 e. The molecule has 0 saturated carbocycles. The molecule has 0 saturated heterocycles. The van der Waals surface area contributed by atoms with Crippen LogP contribution in [0.2, 0.25) is 0 Å². The molecule has 7 heteroatoms. The topological polar surface area (TPSA) is 85.6 Å². The minimum atomic E-state index is -0.364. The number of fused-ring (bicyclic) bond motifs is 1. The van der Waals surface area contributed by atoms with E-state index in [4.69, 9.17) is 11.1 Å². The van der Waals surface area contributed by atoms with E-state index < -0.39 is 0 Å². The van der Waals surface area contributed by atoms with Crippen molar-refractivity contribution in [1.29, 1.82) is 0 Å². The molecule has 0 radical (unpaired) electrons. The second-order valence-electron chi connectivity index (χ2n) is 5.47. The van der Waals surface area contributed by atoms with Gasteiger partial charge in [0.15, 0.2) is 0 Å². The molecule has 3 rings (SSSR count). The Morgan fingerprint density at radius 1 is 1.20 bits per heavy atom. The maximum atomic E-state index is 12.9. The highest BCUT2D eigenvalue weighted by Gasteiger charge is 2.12. The molecule has 1 amide bonds. The molecule has 0 spiro atoms. The van der Waals surface area contributed by atoms with Gasteiger partial charge in [-0.05, 0) is 42.1 Å². The number of carbonyl (C=O) groups is 1. The number of nitrogens with one attached hydrogen (secondary N) is 1. The third kappa shape index (κ3) is 4.00. The van der Waals surface area contributed by atoms with Crippen molar-refractivity contribution in [1.82, 2.24) is 9.88 Å². The predicted octanol–water partition coefficient (Wildman–Crippen LogP) is 1.38. The second kappa shape index (κ2) is 7.40. The summed E-state index contributed by atoms with van der Waals surface area (Å²) < 4.78 is 15.0. The van der Waals surface area contributed by atoms with E-state index in [1.165, 1.54) is 36.0 Å². The molecule has 0 aliphatic rings. The third-order valence-electron chi connectivity index (χ3n) is 3.72. The van der Waals surface area contributed by atoms with Gasteiger partial charge in [-0.2, -0.15) is 0 Å². The normalized spacial score (nSPS) is 10.8. The molecule has 0 aliphatic heterocycles. The van der Waals surface area contributed by atoms with E-state index >= 15 is 0 Å². The molecule has 0 atom stereocenters. The summed E-state index contributed by atoms with van der Waals surface area (Å²) in [6.07, 6.45) is 1.97. The lowest BCUT2D eigenvalue weighted by Crippen LogP contribution is -2.43. The number of para-hydroxylation sites is 1. The van der Waals surface area contributed by atoms with Crippen LogP contribution >= 0.6 is 11.8 Å². The summed E-state index contributed by atoms with van der Waals surface area (Å²) >= 11 is 1.32. The Bertz CT molecular complexity index is 920. The predicted molar refractivity (Wildman–Crippen MR) is 97.6 cm³/mol. The van der Waals surface area contributed by atoms with Gasteiger partial charge in [0, 0.05) is 40.6 Å². The smallest absolute Gasteiger partial charge is 0.304 e. The van der Waals surface area contributed by atoms with Crippen LogP contribution in [-0.4, -0.2) is 22.2 Å². The molecule has 0 fully saturated rings. The summed E-state index contributed by atoms with van der Waals surface area (Å²) in [7, 11) is 0. The maximum absolute atomic E-state index is 12.9. The Kier molecular flexibility index (Phi) is 5.04. The van der Waals surface area contributed by atoms with Crippen molar-refractivity contribution in [2.75, 3.05) is 6.54 Å². The van der Waals surface area contributed by atoms with E-state index in [1.807, 2.05) is 35.0 Å². The third-order valence-corrected chi connectivity index (χ3v) is 4.51. The van der Waals surface area contributed by atoms with Crippen molar-refractivity contribution >= 4 is 33.7 Å². The monoisotopic (exact) mass is 357 g/mol. The number of hydrogen-bond acceptors (Lipinski definition) is 2. The van der Waals surface area contributed by atoms with Crippen molar-refractivity contribution in [2.45, 2.75) is 11.4 Å². The fourth-order valence-electron chi connectivity index (χ4n) is 2.60. The van der Waals surface area contributed by atoms with Gasteiger partial charge in [-0.1, -0.05) is 18.2 Å². The standard InChI is InChI=1S/C18H17FN4OS/c19-13-7-5-12(6-8-13)17(24)22-9-10-23-11-16(25-18(20)21)14-3-1-2-4-15(14)23/h1-8,11H,9-10H2,(H3,20,21)(H,22,24)/p+1. The Morgan fingerprint density at radius 3 is 2.64 bits per heavy atom. The maximum Gasteiger partial charge on any atom is 0.304 e. The molecule has 0 bridgehead atoms. The van der Waals surface area contributed by atoms with Crippen LogP contribution in [0.1, 0.15) is 10.4 Å². The number of halogens is 1. The fourth-order valence-corrected chi connectivity index (χ4v) is 3.32. The van der Waals surface area contributed by atoms with Gasteiger partial charge in [0.1, 0.15) is 5.82 Å². The zero-order valence-corrected chi connectivity index (χ0v) is 14.2. The number of hydrogen-bond donors (Lipinski definition) is 3. The summed E-state index contributed by atoms with van der Waals surface area (Å²) in [6, 6.07) is 13.4. The van der Waals surface area contributed by atoms with Gasteiger partial charge in [0.05, 0.1) is 0 Å². The number of nitrogens with zero attached hydrogens (tertiary/aromatic N) is 1. The van der Waals surface area contributed by atoms with E-state index in [1.54, 1.807) is 0 Å². The summed E-state index contributed by atoms with van der Waals surface area (Å²) in [5.41, 5.74) is 7.08. The molecule has 2 aromatic carbocycles. The number of nitrogens with two attached hydrogens (primary N) is 2. The Hall–Kier alpha value is -2.80. The first-order chi connectivity index (χ1) is 12.0. The van der Waals surface area contributed by atoms with Crippen LogP contribution in [-0.2, 0) is 6.54 Å². The van der Waals surface area contributed by atoms with E-state index in [9.17, 15) is 9.18 Å². The van der Waals surface area contributed by atoms with Gasteiger partial charge >= 0.3 is 5.17 Å². The zero-order valence-electron chi connectivity index (χ0n) is 13.4. The van der Waals surface area contributed by atoms with Crippen LogP contribution in [0.15, 0.2) is 59.6 Å². The van der Waals surface area contributed by atoms with Crippen LogP contribution in [0.25, 0.3) is 10.9 Å². The molecular formula is C18H18FN4OS+. The Labute approximate surface area is 148 Å². The molecule has 0 unspecified atom stereocenters. The number of amides is 1. The Balaban J connectivity index is 1.70. The highest BCUT2D eigenvalue weighted by Crippen LogP contribution is 2.29. The second-order valence-corrected chi connectivity index (χ2v) is 6.59. The number of carbonyl (C=O) groups excluding carboxylic acids is 1. The van der Waals surface area contributed by atoms with Crippen molar-refractivity contribution in [3.63, 3.8) is 0 Å². The van der Waals surface area contributed by atoms with Gasteiger partial charge < -0.3 is 9.88 Å². The van der Waals surface area contributed by atoms with Crippen molar-refractivity contribution in [3.8, 4) is 0 Å². The van der Waals surface area contributed by atoms with Crippen LogP contribution in [0.5, 0.6) is 0 Å². The number of rotatable bonds is 5. The number of thioether (sulfide) groups is 1. The molecule has 5 nitrogen and oxygen atoms in total. The summed E-state index contributed by atoms with van der Waals surface area (Å²) in [4.78, 5) is 13.0. The summed E-state index contributed by atoms with van der Waals surface area (Å²) in [6.45, 7) is 1.04. The molecule has 5 N–H and O–H groups in total. The van der Waals surface area contributed by atoms with Crippen molar-refractivity contribution < 1.29 is 14.6 Å². The number of aromatic nitrogens is 1. The van der Waals surface area contributed by atoms with Gasteiger partial charge in [0.2, 0.25) is 0 Å². The highest BCUT2D eigenvalue weighted by atomic mass is 32.2. The largest absolute Gasteiger partial charge is 0.350 e. The molecule has 0 aliphatic carbocycles. The molecule has 1 aromatic heterocycles. The lowest BCUT2D eigenvalue weighted by Gasteiger charge is -2.07.